The maximum Gasteiger partial charge on any atom is 0.316 e. The largest absolute Gasteiger partial charge is 0.351 e. The van der Waals surface area contributed by atoms with Gasteiger partial charge < -0.3 is 16.0 Å². The van der Waals surface area contributed by atoms with Crippen molar-refractivity contribution in [1.29, 1.82) is 0 Å². The molecule has 0 atom stereocenters. The van der Waals surface area contributed by atoms with Crippen LogP contribution < -0.4 is 11.1 Å². The van der Waals surface area contributed by atoms with Gasteiger partial charge in [-0.05, 0) is 24.2 Å². The van der Waals surface area contributed by atoms with Crippen LogP contribution in [0.1, 0.15) is 12.5 Å². The molecular weight excluding hydrogens is 240 g/mol. The SMILES string of the molecule is CCN1CCN(Cc2ccc(NC(N)=O)cc2)CC1. The molecule has 1 saturated heterocycles. The lowest BCUT2D eigenvalue weighted by Crippen LogP contribution is -2.45. The number of piperazine rings is 1. The molecule has 0 aliphatic carbocycles. The Kier molecular flexibility index (Phi) is 4.76. The second-order valence-electron chi connectivity index (χ2n) is 4.90. The Hall–Kier alpha value is -1.59. The van der Waals surface area contributed by atoms with Crippen LogP contribution in [-0.4, -0.2) is 48.6 Å². The summed E-state index contributed by atoms with van der Waals surface area (Å²) in [6.45, 7) is 8.86. The van der Waals surface area contributed by atoms with Crippen molar-refractivity contribution in [3.63, 3.8) is 0 Å². The van der Waals surface area contributed by atoms with E-state index in [1.807, 2.05) is 24.3 Å². The fourth-order valence-electron chi connectivity index (χ4n) is 2.36. The molecule has 0 bridgehead atoms. The zero-order valence-corrected chi connectivity index (χ0v) is 11.4. The Balaban J connectivity index is 1.84. The highest BCUT2D eigenvalue weighted by molar-refractivity contribution is 5.87. The van der Waals surface area contributed by atoms with Crippen LogP contribution in [0.25, 0.3) is 0 Å². The summed E-state index contributed by atoms with van der Waals surface area (Å²) in [6, 6.07) is 7.34. The Morgan fingerprint density at radius 1 is 1.16 bits per heavy atom. The standard InChI is InChI=1S/C14H22N4O/c1-2-17-7-9-18(10-8-17)11-12-3-5-13(6-4-12)16-14(15)19/h3-6H,2,7-11H2,1H3,(H3,15,16,19). The molecule has 1 aliphatic heterocycles. The van der Waals surface area contributed by atoms with Crippen molar-refractivity contribution >= 4 is 11.7 Å². The Morgan fingerprint density at radius 3 is 2.26 bits per heavy atom. The number of carbonyl (C=O) groups is 1. The van der Waals surface area contributed by atoms with Gasteiger partial charge in [0.2, 0.25) is 0 Å². The quantitative estimate of drug-likeness (QED) is 0.860. The minimum absolute atomic E-state index is 0.525. The van der Waals surface area contributed by atoms with Gasteiger partial charge in [0.1, 0.15) is 0 Å². The third-order valence-corrected chi connectivity index (χ3v) is 3.54. The van der Waals surface area contributed by atoms with E-state index in [0.717, 1.165) is 45.0 Å². The molecular formula is C14H22N4O. The van der Waals surface area contributed by atoms with E-state index < -0.39 is 6.03 Å². The molecule has 0 saturated carbocycles. The topological polar surface area (TPSA) is 61.6 Å². The zero-order valence-electron chi connectivity index (χ0n) is 11.4. The van der Waals surface area contributed by atoms with Crippen LogP contribution in [-0.2, 0) is 6.54 Å². The number of likely N-dealkylation sites (N-methyl/N-ethyl adjacent to an activating group) is 1. The molecule has 1 aromatic carbocycles. The van der Waals surface area contributed by atoms with Crippen LogP contribution in [0, 0.1) is 0 Å². The highest BCUT2D eigenvalue weighted by Crippen LogP contribution is 2.12. The van der Waals surface area contributed by atoms with E-state index in [2.05, 4.69) is 22.0 Å². The number of hydrogen-bond acceptors (Lipinski definition) is 3. The molecule has 1 aromatic rings. The van der Waals surface area contributed by atoms with E-state index in [4.69, 9.17) is 5.73 Å². The summed E-state index contributed by atoms with van der Waals surface area (Å²) in [7, 11) is 0. The second-order valence-corrected chi connectivity index (χ2v) is 4.90. The number of urea groups is 1. The van der Waals surface area contributed by atoms with Gasteiger partial charge in [-0.3, -0.25) is 4.90 Å². The first-order valence-electron chi connectivity index (χ1n) is 6.77. The van der Waals surface area contributed by atoms with Gasteiger partial charge in [0.15, 0.2) is 0 Å². The lowest BCUT2D eigenvalue weighted by molar-refractivity contribution is 0.132. The molecule has 0 radical (unpaired) electrons. The van der Waals surface area contributed by atoms with Crippen molar-refractivity contribution in [2.45, 2.75) is 13.5 Å². The smallest absolute Gasteiger partial charge is 0.316 e. The third-order valence-electron chi connectivity index (χ3n) is 3.54. The Bertz CT molecular complexity index is 410. The van der Waals surface area contributed by atoms with Gasteiger partial charge in [-0.2, -0.15) is 0 Å². The number of nitrogens with zero attached hydrogens (tertiary/aromatic N) is 2. The van der Waals surface area contributed by atoms with Gasteiger partial charge in [-0.15, -0.1) is 0 Å². The van der Waals surface area contributed by atoms with Crippen molar-refractivity contribution in [2.24, 2.45) is 5.73 Å². The molecule has 19 heavy (non-hydrogen) atoms. The maximum atomic E-state index is 10.7. The number of hydrogen-bond donors (Lipinski definition) is 2. The van der Waals surface area contributed by atoms with Gasteiger partial charge in [0.25, 0.3) is 0 Å². The Labute approximate surface area is 114 Å². The second kappa shape index (κ2) is 6.54. The first kappa shape index (κ1) is 13.8. The van der Waals surface area contributed by atoms with Crippen molar-refractivity contribution in [2.75, 3.05) is 38.0 Å². The van der Waals surface area contributed by atoms with Gasteiger partial charge in [-0.25, -0.2) is 4.79 Å². The van der Waals surface area contributed by atoms with E-state index in [1.165, 1.54) is 5.56 Å². The summed E-state index contributed by atoms with van der Waals surface area (Å²) < 4.78 is 0. The number of rotatable bonds is 4. The first-order chi connectivity index (χ1) is 9.17. The number of benzene rings is 1. The molecule has 1 aliphatic rings. The predicted octanol–water partition coefficient (Wildman–Crippen LogP) is 1.31. The van der Waals surface area contributed by atoms with E-state index in [-0.39, 0.29) is 0 Å². The van der Waals surface area contributed by atoms with Crippen LogP contribution in [0.4, 0.5) is 10.5 Å². The lowest BCUT2D eigenvalue weighted by atomic mass is 10.2. The van der Waals surface area contributed by atoms with Crippen LogP contribution in [0.3, 0.4) is 0 Å². The molecule has 5 heteroatoms. The number of nitrogens with two attached hydrogens (primary N) is 1. The highest BCUT2D eigenvalue weighted by atomic mass is 16.2. The predicted molar refractivity (Wildman–Crippen MR) is 77.0 cm³/mol. The molecule has 0 unspecified atom stereocenters. The normalized spacial score (nSPS) is 17.3. The van der Waals surface area contributed by atoms with Crippen molar-refractivity contribution in [3.05, 3.63) is 29.8 Å². The lowest BCUT2D eigenvalue weighted by Gasteiger charge is -2.34. The van der Waals surface area contributed by atoms with Crippen molar-refractivity contribution in [1.82, 2.24) is 9.80 Å². The Morgan fingerprint density at radius 2 is 1.74 bits per heavy atom. The van der Waals surface area contributed by atoms with Gasteiger partial charge in [0, 0.05) is 38.4 Å². The van der Waals surface area contributed by atoms with E-state index in [0.29, 0.717) is 0 Å². The van der Waals surface area contributed by atoms with Crippen molar-refractivity contribution < 1.29 is 4.79 Å². The van der Waals surface area contributed by atoms with Gasteiger partial charge in [-0.1, -0.05) is 19.1 Å². The fourth-order valence-corrected chi connectivity index (χ4v) is 2.36. The number of carbonyl (C=O) groups excluding carboxylic acids is 1. The van der Waals surface area contributed by atoms with Crippen molar-refractivity contribution in [3.8, 4) is 0 Å². The summed E-state index contributed by atoms with van der Waals surface area (Å²) in [5.74, 6) is 0. The average Bonchev–Trinajstić information content (AvgIpc) is 2.41. The summed E-state index contributed by atoms with van der Waals surface area (Å²) in [5.41, 5.74) is 7.08. The molecule has 104 valence electrons. The maximum absolute atomic E-state index is 10.7. The van der Waals surface area contributed by atoms with E-state index in [1.54, 1.807) is 0 Å². The van der Waals surface area contributed by atoms with E-state index >= 15 is 0 Å². The molecule has 2 rings (SSSR count). The number of nitrogens with one attached hydrogen (secondary N) is 1. The fraction of sp³-hybridized carbons (Fsp3) is 0.500. The minimum atomic E-state index is -0.525. The number of anilines is 1. The number of amides is 2. The molecule has 1 heterocycles. The van der Waals surface area contributed by atoms with Crippen LogP contribution in [0.2, 0.25) is 0 Å². The van der Waals surface area contributed by atoms with Crippen LogP contribution in [0.15, 0.2) is 24.3 Å². The summed E-state index contributed by atoms with van der Waals surface area (Å²) in [6.07, 6.45) is 0. The van der Waals surface area contributed by atoms with Gasteiger partial charge >= 0.3 is 6.03 Å². The summed E-state index contributed by atoms with van der Waals surface area (Å²) >= 11 is 0. The summed E-state index contributed by atoms with van der Waals surface area (Å²) in [5, 5.41) is 2.57. The minimum Gasteiger partial charge on any atom is -0.351 e. The molecule has 5 nitrogen and oxygen atoms in total. The zero-order chi connectivity index (χ0) is 13.7. The molecule has 1 fully saturated rings. The molecule has 2 amide bonds. The van der Waals surface area contributed by atoms with Gasteiger partial charge in [0.05, 0.1) is 0 Å². The highest BCUT2D eigenvalue weighted by Gasteiger charge is 2.15. The first-order valence-corrected chi connectivity index (χ1v) is 6.77. The average molecular weight is 262 g/mol. The molecule has 0 spiro atoms. The molecule has 0 aromatic heterocycles. The third kappa shape index (κ3) is 4.22. The van der Waals surface area contributed by atoms with E-state index in [9.17, 15) is 4.79 Å². The summed E-state index contributed by atoms with van der Waals surface area (Å²) in [4.78, 5) is 15.7. The van der Waals surface area contributed by atoms with Crippen LogP contribution >= 0.6 is 0 Å². The molecule has 3 N–H and O–H groups in total. The number of primary amides is 1. The van der Waals surface area contributed by atoms with Crippen LogP contribution in [0.5, 0.6) is 0 Å². The monoisotopic (exact) mass is 262 g/mol.